The minimum atomic E-state index is -1.17. The van der Waals surface area contributed by atoms with E-state index in [1.165, 1.54) is 0 Å². The third kappa shape index (κ3) is 13.5. The van der Waals surface area contributed by atoms with Crippen molar-refractivity contribution >= 4 is 37.6 Å². The van der Waals surface area contributed by atoms with Gasteiger partial charge in [0.05, 0.1) is 13.0 Å². The number of imidazole rings is 1. The molecule has 0 saturated heterocycles. The molecule has 0 spiro atoms. The number of aryl methyl sites for hydroxylation is 1. The van der Waals surface area contributed by atoms with Crippen LogP contribution in [-0.4, -0.2) is 60.0 Å². The Balaban J connectivity index is 1.04. The summed E-state index contributed by atoms with van der Waals surface area (Å²) < 4.78 is 11.2. The number of anilines is 1. The first-order valence-electron chi connectivity index (χ1n) is 20.9. The number of carbonyl (C=O) groups excluding carboxylic acids is 4. The lowest BCUT2D eigenvalue weighted by Gasteiger charge is -2.28. The quantitative estimate of drug-likeness (QED) is 0.0518. The predicted octanol–water partition coefficient (Wildman–Crippen LogP) is 7.85. The lowest BCUT2D eigenvalue weighted by Crippen LogP contribution is -2.51. The van der Waals surface area contributed by atoms with Crippen molar-refractivity contribution in [3.63, 3.8) is 0 Å². The molecule has 4 amide bonds. The summed E-state index contributed by atoms with van der Waals surface area (Å²) in [5.74, 6) is 0.0544. The number of hydrogen-bond acceptors (Lipinski definition) is 7. The molecule has 0 unspecified atom stereocenters. The van der Waals surface area contributed by atoms with Crippen molar-refractivity contribution in [3.8, 4) is 11.1 Å². The number of amides is 4. The van der Waals surface area contributed by atoms with Gasteiger partial charge in [-0.2, -0.15) is 0 Å². The van der Waals surface area contributed by atoms with E-state index < -0.39 is 25.7 Å². The molecule has 0 saturated carbocycles. The summed E-state index contributed by atoms with van der Waals surface area (Å²) in [5.41, 5.74) is 6.38. The van der Waals surface area contributed by atoms with Crippen molar-refractivity contribution < 1.29 is 28.7 Å². The van der Waals surface area contributed by atoms with E-state index in [9.17, 15) is 19.2 Å². The first-order chi connectivity index (χ1) is 29.2. The highest BCUT2D eigenvalue weighted by atomic mass is 28.3. The number of benzene rings is 4. The number of rotatable bonds is 18. The SMILES string of the molecule is CC(C)(CC(=O)N[C@@H]1CCc2ccccc2N(Cc2ccc(-c3ccccc3CNC(=O)Cc3cnc(COCC[Si](C)(C)C)[nH]3)cc2)C1=O)NC(=O)OCc1ccccc1. The highest BCUT2D eigenvalue weighted by Crippen LogP contribution is 2.30. The van der Waals surface area contributed by atoms with Gasteiger partial charge in [0.25, 0.3) is 0 Å². The van der Waals surface area contributed by atoms with Gasteiger partial charge in [-0.15, -0.1) is 0 Å². The second kappa shape index (κ2) is 20.5. The van der Waals surface area contributed by atoms with Gasteiger partial charge in [-0.1, -0.05) is 117 Å². The molecule has 13 heteroatoms. The molecule has 2 heterocycles. The normalized spacial score (nSPS) is 14.1. The maximum absolute atomic E-state index is 14.2. The number of alkyl carbamates (subject to hydrolysis) is 1. The lowest BCUT2D eigenvalue weighted by molar-refractivity contribution is -0.128. The van der Waals surface area contributed by atoms with Gasteiger partial charge in [0.15, 0.2) is 0 Å². The van der Waals surface area contributed by atoms with Crippen LogP contribution in [-0.2, 0) is 63.0 Å². The topological polar surface area (TPSA) is 155 Å². The Morgan fingerprint density at radius 3 is 2.36 bits per heavy atom. The molecule has 1 aromatic heterocycles. The van der Waals surface area contributed by atoms with Crippen molar-refractivity contribution in [3.05, 3.63) is 143 Å². The molecule has 12 nitrogen and oxygen atoms in total. The molecule has 61 heavy (non-hydrogen) atoms. The van der Waals surface area contributed by atoms with Crippen molar-refractivity contribution in [1.82, 2.24) is 25.9 Å². The number of H-pyrrole nitrogens is 1. The van der Waals surface area contributed by atoms with E-state index in [0.29, 0.717) is 45.0 Å². The van der Waals surface area contributed by atoms with Gasteiger partial charge in [0.2, 0.25) is 17.7 Å². The maximum atomic E-state index is 14.2. The second-order valence-electron chi connectivity index (χ2n) is 17.5. The number of aromatic nitrogens is 2. The fraction of sp³-hybridized carbons (Fsp3) is 0.354. The van der Waals surface area contributed by atoms with Crippen LogP contribution in [0.4, 0.5) is 10.5 Å². The van der Waals surface area contributed by atoms with Crippen LogP contribution in [0.1, 0.15) is 60.5 Å². The number of carbonyl (C=O) groups is 4. The third-order valence-corrected chi connectivity index (χ3v) is 12.2. The predicted molar refractivity (Wildman–Crippen MR) is 240 cm³/mol. The fourth-order valence-electron chi connectivity index (χ4n) is 7.21. The molecular formula is C48H58N6O6Si. The average Bonchev–Trinajstić information content (AvgIpc) is 3.63. The van der Waals surface area contributed by atoms with Crippen LogP contribution in [0.5, 0.6) is 0 Å². The zero-order chi connectivity index (χ0) is 43.4. The van der Waals surface area contributed by atoms with Crippen LogP contribution in [0, 0.1) is 0 Å². The molecule has 0 aliphatic carbocycles. The highest BCUT2D eigenvalue weighted by Gasteiger charge is 2.33. The van der Waals surface area contributed by atoms with Crippen molar-refractivity contribution in [2.24, 2.45) is 0 Å². The molecule has 4 N–H and O–H groups in total. The van der Waals surface area contributed by atoms with Gasteiger partial charge in [-0.3, -0.25) is 14.4 Å². The second-order valence-corrected chi connectivity index (χ2v) is 23.1. The highest BCUT2D eigenvalue weighted by molar-refractivity contribution is 6.76. The van der Waals surface area contributed by atoms with Crippen LogP contribution in [0.2, 0.25) is 25.7 Å². The molecule has 320 valence electrons. The molecule has 1 aliphatic heterocycles. The van der Waals surface area contributed by atoms with E-state index in [2.05, 4.69) is 45.6 Å². The molecule has 1 aliphatic rings. The van der Waals surface area contributed by atoms with Crippen LogP contribution in [0.15, 0.2) is 109 Å². The molecule has 0 radical (unpaired) electrons. The van der Waals surface area contributed by atoms with Gasteiger partial charge < -0.3 is 35.3 Å². The van der Waals surface area contributed by atoms with Gasteiger partial charge >= 0.3 is 6.09 Å². The van der Waals surface area contributed by atoms with E-state index >= 15 is 0 Å². The van der Waals surface area contributed by atoms with E-state index in [1.54, 1.807) is 24.9 Å². The first-order valence-corrected chi connectivity index (χ1v) is 24.6. The smallest absolute Gasteiger partial charge is 0.407 e. The third-order valence-electron chi connectivity index (χ3n) is 10.5. The Kier molecular flexibility index (Phi) is 14.9. The Bertz CT molecular complexity index is 2270. The number of hydrogen-bond donors (Lipinski definition) is 4. The Morgan fingerprint density at radius 1 is 0.869 bits per heavy atom. The molecule has 5 aromatic rings. The Labute approximate surface area is 359 Å². The number of para-hydroxylation sites is 1. The van der Waals surface area contributed by atoms with E-state index in [0.717, 1.165) is 50.8 Å². The zero-order valence-corrected chi connectivity index (χ0v) is 36.9. The number of aromatic amines is 1. The number of nitrogens with zero attached hydrogens (tertiary/aromatic N) is 2. The lowest BCUT2D eigenvalue weighted by atomic mass is 9.98. The minimum Gasteiger partial charge on any atom is -0.445 e. The summed E-state index contributed by atoms with van der Waals surface area (Å²) in [6.45, 7) is 12.3. The largest absolute Gasteiger partial charge is 0.445 e. The zero-order valence-electron chi connectivity index (χ0n) is 35.9. The van der Waals surface area contributed by atoms with Gasteiger partial charge in [0.1, 0.15) is 25.1 Å². The molecular weight excluding hydrogens is 785 g/mol. The van der Waals surface area contributed by atoms with Crippen LogP contribution in [0.3, 0.4) is 0 Å². The fourth-order valence-corrected chi connectivity index (χ4v) is 7.97. The monoisotopic (exact) mass is 842 g/mol. The number of ether oxygens (including phenoxy) is 2. The van der Waals surface area contributed by atoms with Gasteiger partial charge in [0, 0.05) is 50.8 Å². The van der Waals surface area contributed by atoms with Gasteiger partial charge in [-0.25, -0.2) is 9.78 Å². The summed E-state index contributed by atoms with van der Waals surface area (Å²) >= 11 is 0. The first kappa shape index (κ1) is 44.5. The summed E-state index contributed by atoms with van der Waals surface area (Å²) in [4.78, 5) is 62.5. The van der Waals surface area contributed by atoms with Crippen LogP contribution >= 0.6 is 0 Å². The van der Waals surface area contributed by atoms with Gasteiger partial charge in [-0.05, 0) is 72.2 Å². The number of nitrogens with one attached hydrogen (secondary N) is 4. The Morgan fingerprint density at radius 2 is 1.59 bits per heavy atom. The van der Waals surface area contributed by atoms with Crippen molar-refractivity contribution in [2.45, 2.75) is 103 Å². The molecule has 1 atom stereocenters. The van der Waals surface area contributed by atoms with E-state index in [-0.39, 0.29) is 37.2 Å². The summed E-state index contributed by atoms with van der Waals surface area (Å²) in [6, 6.07) is 33.6. The van der Waals surface area contributed by atoms with Crippen LogP contribution in [0.25, 0.3) is 11.1 Å². The Hall–Kier alpha value is -6.05. The standard InChI is InChI=1S/C48H58N6O6Si/c1-48(2,53-47(58)60-32-35-13-7-6-8-14-35)28-45(56)52-41-24-23-37-15-10-12-18-42(37)54(46(41)57)31-34-19-21-36(22-20-34)40-17-11-9-16-38(40)29-50-44(55)27-39-30-49-43(51-39)33-59-25-26-61(3,4)5/h6-22,30,41H,23-29,31-33H2,1-5H3,(H,49,51)(H,50,55)(H,52,56)(H,53,58)/t41-/m1/s1. The number of fused-ring (bicyclic) bond motifs is 1. The molecule has 0 bridgehead atoms. The molecule has 4 aromatic carbocycles. The van der Waals surface area contributed by atoms with E-state index in [4.69, 9.17) is 9.47 Å². The maximum Gasteiger partial charge on any atom is 0.407 e. The van der Waals surface area contributed by atoms with E-state index in [1.807, 2.05) is 103 Å². The minimum absolute atomic E-state index is 0.0449. The average molecular weight is 843 g/mol. The molecule has 0 fully saturated rings. The molecule has 6 rings (SSSR count). The van der Waals surface area contributed by atoms with Crippen LogP contribution < -0.4 is 20.9 Å². The van der Waals surface area contributed by atoms with Crippen molar-refractivity contribution in [1.29, 1.82) is 0 Å². The summed E-state index contributed by atoms with van der Waals surface area (Å²) in [6.07, 6.45) is 2.25. The van der Waals surface area contributed by atoms with Crippen molar-refractivity contribution in [2.75, 3.05) is 11.5 Å². The summed E-state index contributed by atoms with van der Waals surface area (Å²) in [5, 5.41) is 8.81. The summed E-state index contributed by atoms with van der Waals surface area (Å²) in [7, 11) is -1.17.